The van der Waals surface area contributed by atoms with Crippen LogP contribution in [0.1, 0.15) is 18.1 Å². The Hall–Kier alpha value is -1.08. The Balaban J connectivity index is 1.67. The molecule has 0 spiro atoms. The fraction of sp³-hybridized carbons (Fsp3) is 0.600. The van der Waals surface area contributed by atoms with Crippen molar-refractivity contribution >= 4 is 0 Å². The first-order valence-electron chi connectivity index (χ1n) is 7.23. The molecule has 0 unspecified atom stereocenters. The van der Waals surface area contributed by atoms with E-state index in [1.807, 2.05) is 4.90 Å². The molecule has 3 rings (SSSR count). The number of nitrogens with zero attached hydrogens (tertiary/aromatic N) is 1. The van der Waals surface area contributed by atoms with Crippen molar-refractivity contribution in [1.82, 2.24) is 4.90 Å². The molecule has 1 aromatic rings. The van der Waals surface area contributed by atoms with Crippen molar-refractivity contribution in [3.63, 3.8) is 0 Å². The lowest BCUT2D eigenvalue weighted by Gasteiger charge is -2.27. The molecule has 3 N–H and O–H groups in total. The molecule has 116 valence electrons. The SMILES string of the molecule is NC[C@]12CN(C[C@@H](O)c3ccc(F)cc3F)C[C@H]1CCO2. The normalized spacial score (nSPS) is 30.6. The number of aliphatic hydroxyl groups is 1. The Morgan fingerprint density at radius 2 is 2.29 bits per heavy atom. The van der Waals surface area contributed by atoms with E-state index in [0.29, 0.717) is 25.6 Å². The highest BCUT2D eigenvalue weighted by Gasteiger charge is 2.50. The summed E-state index contributed by atoms with van der Waals surface area (Å²) in [7, 11) is 0. The van der Waals surface area contributed by atoms with Gasteiger partial charge in [-0.3, -0.25) is 4.90 Å². The number of benzene rings is 1. The van der Waals surface area contributed by atoms with E-state index in [1.165, 1.54) is 6.07 Å². The second kappa shape index (κ2) is 5.61. The van der Waals surface area contributed by atoms with Gasteiger partial charge in [0.15, 0.2) is 0 Å². The molecule has 2 heterocycles. The van der Waals surface area contributed by atoms with E-state index in [4.69, 9.17) is 10.5 Å². The minimum absolute atomic E-state index is 0.121. The molecule has 0 bridgehead atoms. The fourth-order valence-corrected chi connectivity index (χ4v) is 3.52. The van der Waals surface area contributed by atoms with E-state index in [1.54, 1.807) is 0 Å². The zero-order valence-corrected chi connectivity index (χ0v) is 11.8. The number of ether oxygens (including phenoxy) is 1. The van der Waals surface area contributed by atoms with Crippen molar-refractivity contribution in [1.29, 1.82) is 0 Å². The Morgan fingerprint density at radius 3 is 2.95 bits per heavy atom. The number of likely N-dealkylation sites (tertiary alicyclic amines) is 1. The summed E-state index contributed by atoms with van der Waals surface area (Å²) in [6, 6.07) is 3.24. The lowest BCUT2D eigenvalue weighted by atomic mass is 9.91. The van der Waals surface area contributed by atoms with Crippen LogP contribution in [0.3, 0.4) is 0 Å². The largest absolute Gasteiger partial charge is 0.387 e. The molecule has 1 aromatic carbocycles. The number of hydrogen-bond acceptors (Lipinski definition) is 4. The van der Waals surface area contributed by atoms with E-state index < -0.39 is 17.7 Å². The topological polar surface area (TPSA) is 58.7 Å². The molecule has 6 heteroatoms. The van der Waals surface area contributed by atoms with Gasteiger partial charge in [0.1, 0.15) is 11.6 Å². The third kappa shape index (κ3) is 2.68. The minimum Gasteiger partial charge on any atom is -0.387 e. The average molecular weight is 298 g/mol. The van der Waals surface area contributed by atoms with Crippen LogP contribution >= 0.6 is 0 Å². The maximum absolute atomic E-state index is 13.7. The van der Waals surface area contributed by atoms with Crippen LogP contribution in [0.5, 0.6) is 0 Å². The molecule has 2 saturated heterocycles. The van der Waals surface area contributed by atoms with Gasteiger partial charge in [-0.05, 0) is 12.5 Å². The highest BCUT2D eigenvalue weighted by Crippen LogP contribution is 2.38. The van der Waals surface area contributed by atoms with Crippen molar-refractivity contribution in [2.75, 3.05) is 32.8 Å². The summed E-state index contributed by atoms with van der Waals surface area (Å²) in [5, 5.41) is 10.2. The number of nitrogens with two attached hydrogens (primary N) is 1. The number of aliphatic hydroxyl groups excluding tert-OH is 1. The fourth-order valence-electron chi connectivity index (χ4n) is 3.52. The average Bonchev–Trinajstić information content (AvgIpc) is 2.95. The number of β-amino-alcohol motifs (C(OH)–C–C–N with tert-alkyl or cyclic N) is 1. The first kappa shape index (κ1) is 14.8. The first-order chi connectivity index (χ1) is 10.0. The Labute approximate surface area is 122 Å². The standard InChI is InChI=1S/C15H20F2N2O2/c16-11-1-2-12(13(17)5-11)14(20)7-19-6-10-3-4-21-15(10,8-18)9-19/h1-2,5,10,14,20H,3-4,6-9,18H2/t10-,14-,15+/m1/s1. The van der Waals surface area contributed by atoms with Crippen molar-refractivity contribution in [2.24, 2.45) is 11.7 Å². The van der Waals surface area contributed by atoms with Crippen molar-refractivity contribution in [3.8, 4) is 0 Å². The van der Waals surface area contributed by atoms with Crippen LogP contribution < -0.4 is 5.73 Å². The number of halogens is 2. The predicted octanol–water partition coefficient (Wildman–Crippen LogP) is 1.05. The molecule has 0 aliphatic carbocycles. The number of hydrogen-bond donors (Lipinski definition) is 2. The van der Waals surface area contributed by atoms with Crippen LogP contribution in [0.15, 0.2) is 18.2 Å². The van der Waals surface area contributed by atoms with Gasteiger partial charge in [-0.2, -0.15) is 0 Å². The van der Waals surface area contributed by atoms with Crippen LogP contribution in [0.4, 0.5) is 8.78 Å². The molecule has 21 heavy (non-hydrogen) atoms. The van der Waals surface area contributed by atoms with Gasteiger partial charge in [0.25, 0.3) is 0 Å². The molecule has 2 aliphatic heterocycles. The Kier molecular flexibility index (Phi) is 3.96. The monoisotopic (exact) mass is 298 g/mol. The summed E-state index contributed by atoms with van der Waals surface area (Å²) < 4.78 is 32.4. The van der Waals surface area contributed by atoms with Gasteiger partial charge in [0.05, 0.1) is 11.7 Å². The van der Waals surface area contributed by atoms with Crippen LogP contribution in [0, 0.1) is 17.6 Å². The minimum atomic E-state index is -0.987. The van der Waals surface area contributed by atoms with Gasteiger partial charge in [-0.1, -0.05) is 6.07 Å². The summed E-state index contributed by atoms with van der Waals surface area (Å²) in [6.45, 7) is 2.91. The van der Waals surface area contributed by atoms with E-state index >= 15 is 0 Å². The quantitative estimate of drug-likeness (QED) is 0.872. The van der Waals surface area contributed by atoms with E-state index in [-0.39, 0.29) is 11.2 Å². The van der Waals surface area contributed by atoms with Crippen LogP contribution in [-0.2, 0) is 4.74 Å². The second-order valence-corrected chi connectivity index (χ2v) is 5.98. The smallest absolute Gasteiger partial charge is 0.131 e. The zero-order valence-electron chi connectivity index (χ0n) is 11.8. The third-order valence-electron chi connectivity index (χ3n) is 4.67. The Morgan fingerprint density at radius 1 is 1.48 bits per heavy atom. The highest BCUT2D eigenvalue weighted by atomic mass is 19.1. The number of rotatable bonds is 4. The van der Waals surface area contributed by atoms with E-state index in [2.05, 4.69) is 0 Å². The van der Waals surface area contributed by atoms with Crippen LogP contribution in [0.25, 0.3) is 0 Å². The third-order valence-corrected chi connectivity index (χ3v) is 4.67. The van der Waals surface area contributed by atoms with Crippen molar-refractivity contribution in [2.45, 2.75) is 18.1 Å². The Bertz CT molecular complexity index is 528. The molecule has 2 fully saturated rings. The summed E-state index contributed by atoms with van der Waals surface area (Å²) >= 11 is 0. The molecule has 2 aliphatic rings. The summed E-state index contributed by atoms with van der Waals surface area (Å²) in [5.41, 5.74) is 5.64. The van der Waals surface area contributed by atoms with Gasteiger partial charge < -0.3 is 15.6 Å². The van der Waals surface area contributed by atoms with Gasteiger partial charge in [-0.15, -0.1) is 0 Å². The molecular weight excluding hydrogens is 278 g/mol. The summed E-state index contributed by atoms with van der Waals surface area (Å²) in [5.74, 6) is -0.992. The lowest BCUT2D eigenvalue weighted by molar-refractivity contribution is -0.00151. The van der Waals surface area contributed by atoms with Crippen molar-refractivity contribution in [3.05, 3.63) is 35.4 Å². The predicted molar refractivity (Wildman–Crippen MR) is 73.6 cm³/mol. The maximum atomic E-state index is 13.7. The summed E-state index contributed by atoms with van der Waals surface area (Å²) in [4.78, 5) is 2.05. The highest BCUT2D eigenvalue weighted by molar-refractivity contribution is 5.21. The van der Waals surface area contributed by atoms with Gasteiger partial charge in [0.2, 0.25) is 0 Å². The van der Waals surface area contributed by atoms with E-state index in [0.717, 1.165) is 31.7 Å². The molecule has 0 saturated carbocycles. The van der Waals surface area contributed by atoms with Crippen LogP contribution in [-0.4, -0.2) is 48.4 Å². The number of fused-ring (bicyclic) bond motifs is 1. The molecule has 0 aromatic heterocycles. The second-order valence-electron chi connectivity index (χ2n) is 5.98. The molecule has 4 nitrogen and oxygen atoms in total. The van der Waals surface area contributed by atoms with Gasteiger partial charge >= 0.3 is 0 Å². The molecule has 3 atom stereocenters. The first-order valence-corrected chi connectivity index (χ1v) is 7.23. The molecule has 0 amide bonds. The summed E-state index contributed by atoms with van der Waals surface area (Å²) in [6.07, 6.45) is -0.0198. The van der Waals surface area contributed by atoms with Crippen LogP contribution in [0.2, 0.25) is 0 Å². The lowest BCUT2D eigenvalue weighted by Crippen LogP contribution is -2.44. The van der Waals surface area contributed by atoms with Gasteiger partial charge in [-0.25, -0.2) is 8.78 Å². The van der Waals surface area contributed by atoms with E-state index in [9.17, 15) is 13.9 Å². The van der Waals surface area contributed by atoms with Crippen molar-refractivity contribution < 1.29 is 18.6 Å². The van der Waals surface area contributed by atoms with Gasteiger partial charge in [0, 0.05) is 50.3 Å². The maximum Gasteiger partial charge on any atom is 0.131 e. The molecule has 0 radical (unpaired) electrons. The molecular formula is C15H20F2N2O2. The zero-order chi connectivity index (χ0) is 15.0.